The minimum Gasteiger partial charge on any atom is -0.357 e. The molecule has 7 nitrogen and oxygen atoms in total. The number of aromatic nitrogens is 1. The maximum absolute atomic E-state index is 12.6. The average Bonchev–Trinajstić information content (AvgIpc) is 3.02. The van der Waals surface area contributed by atoms with Crippen LogP contribution in [0.5, 0.6) is 0 Å². The molecule has 1 fully saturated rings. The highest BCUT2D eigenvalue weighted by Gasteiger charge is 2.33. The monoisotopic (exact) mass is 441 g/mol. The third-order valence-corrected chi connectivity index (χ3v) is 6.50. The van der Waals surface area contributed by atoms with Gasteiger partial charge in [0.1, 0.15) is 0 Å². The molecule has 1 aliphatic rings. The van der Waals surface area contributed by atoms with Gasteiger partial charge in [-0.15, -0.1) is 11.3 Å². The Bertz CT molecular complexity index is 746. The quantitative estimate of drug-likeness (QED) is 0.381. The molecule has 0 radical (unpaired) electrons. The van der Waals surface area contributed by atoms with Crippen LogP contribution in [0, 0.1) is 5.92 Å². The molecule has 12 heteroatoms. The van der Waals surface area contributed by atoms with Crippen LogP contribution in [-0.4, -0.2) is 51.3 Å². The summed E-state index contributed by atoms with van der Waals surface area (Å²) in [6, 6.07) is 0. The van der Waals surface area contributed by atoms with E-state index in [2.05, 4.69) is 25.3 Å². The molecule has 0 spiro atoms. The SMILES string of the molecule is CCNC(=NCCS(=O)(=O)NCC1CCC1)NCCc1nc(C(F)(F)F)cs1. The van der Waals surface area contributed by atoms with Gasteiger partial charge < -0.3 is 10.6 Å². The second-order valence-electron chi connectivity index (χ2n) is 6.53. The number of hydrogen-bond donors (Lipinski definition) is 3. The van der Waals surface area contributed by atoms with E-state index in [9.17, 15) is 21.6 Å². The van der Waals surface area contributed by atoms with E-state index >= 15 is 0 Å². The van der Waals surface area contributed by atoms with Gasteiger partial charge in [0.15, 0.2) is 11.7 Å². The minimum atomic E-state index is -4.43. The van der Waals surface area contributed by atoms with Gasteiger partial charge >= 0.3 is 6.18 Å². The Morgan fingerprint density at radius 3 is 2.68 bits per heavy atom. The predicted octanol–water partition coefficient (Wildman–Crippen LogP) is 1.98. The molecule has 0 unspecified atom stereocenters. The van der Waals surface area contributed by atoms with Gasteiger partial charge in [0.25, 0.3) is 0 Å². The number of hydrogen-bond acceptors (Lipinski definition) is 5. The second kappa shape index (κ2) is 10.4. The molecule has 2 rings (SSSR count). The van der Waals surface area contributed by atoms with E-state index in [1.165, 1.54) is 0 Å². The van der Waals surface area contributed by atoms with Crippen LogP contribution in [0.3, 0.4) is 0 Å². The molecular weight excluding hydrogens is 415 g/mol. The van der Waals surface area contributed by atoms with E-state index in [0.717, 1.165) is 36.0 Å². The highest BCUT2D eigenvalue weighted by atomic mass is 32.2. The second-order valence-corrected chi connectivity index (χ2v) is 9.40. The lowest BCUT2D eigenvalue weighted by Gasteiger charge is -2.25. The molecule has 0 atom stereocenters. The van der Waals surface area contributed by atoms with Crippen LogP contribution in [0.15, 0.2) is 10.4 Å². The zero-order chi connectivity index (χ0) is 20.6. The zero-order valence-corrected chi connectivity index (χ0v) is 17.3. The van der Waals surface area contributed by atoms with Gasteiger partial charge in [0.2, 0.25) is 10.0 Å². The first-order valence-corrected chi connectivity index (χ1v) is 11.7. The van der Waals surface area contributed by atoms with Crippen LogP contribution in [0.4, 0.5) is 13.2 Å². The first kappa shape index (κ1) is 22.9. The number of nitrogens with one attached hydrogen (secondary N) is 3. The highest BCUT2D eigenvalue weighted by molar-refractivity contribution is 7.89. The summed E-state index contributed by atoms with van der Waals surface area (Å²) in [5, 5.41) is 7.33. The first-order valence-electron chi connectivity index (χ1n) is 9.20. The normalized spacial score (nSPS) is 16.1. The van der Waals surface area contributed by atoms with Crippen LogP contribution >= 0.6 is 11.3 Å². The van der Waals surface area contributed by atoms with Crippen LogP contribution in [0.1, 0.15) is 36.9 Å². The Morgan fingerprint density at radius 2 is 2.11 bits per heavy atom. The van der Waals surface area contributed by atoms with Crippen LogP contribution < -0.4 is 15.4 Å². The van der Waals surface area contributed by atoms with Crippen molar-refractivity contribution in [3.8, 4) is 0 Å². The van der Waals surface area contributed by atoms with E-state index in [-0.39, 0.29) is 12.3 Å². The number of aliphatic imine (C=N–C) groups is 1. The molecule has 1 aromatic rings. The number of rotatable bonds is 10. The smallest absolute Gasteiger partial charge is 0.357 e. The fourth-order valence-electron chi connectivity index (χ4n) is 2.48. The average molecular weight is 442 g/mol. The van der Waals surface area contributed by atoms with Gasteiger partial charge in [-0.2, -0.15) is 13.2 Å². The molecule has 0 aromatic carbocycles. The number of alkyl halides is 3. The minimum absolute atomic E-state index is 0.0881. The summed E-state index contributed by atoms with van der Waals surface area (Å²) in [6.07, 6.45) is -0.826. The Labute approximate surface area is 167 Å². The fourth-order valence-corrected chi connectivity index (χ4v) is 4.25. The number of thiazole rings is 1. The number of nitrogens with zero attached hydrogens (tertiary/aromatic N) is 2. The maximum atomic E-state index is 12.6. The lowest BCUT2D eigenvalue weighted by atomic mass is 9.86. The molecule has 1 aliphatic carbocycles. The van der Waals surface area contributed by atoms with Crippen molar-refractivity contribution in [3.63, 3.8) is 0 Å². The number of halogens is 3. The first-order chi connectivity index (χ1) is 13.2. The molecule has 0 bridgehead atoms. The van der Waals surface area contributed by atoms with Gasteiger partial charge in [-0.05, 0) is 25.7 Å². The van der Waals surface area contributed by atoms with Crippen LogP contribution in [0.25, 0.3) is 0 Å². The summed E-state index contributed by atoms with van der Waals surface area (Å²) in [4.78, 5) is 7.78. The van der Waals surface area contributed by atoms with Gasteiger partial charge in [0, 0.05) is 31.4 Å². The highest BCUT2D eigenvalue weighted by Crippen LogP contribution is 2.30. The largest absolute Gasteiger partial charge is 0.434 e. The molecule has 0 aliphatic heterocycles. The van der Waals surface area contributed by atoms with Crippen molar-refractivity contribution in [3.05, 3.63) is 16.1 Å². The van der Waals surface area contributed by atoms with Crippen LogP contribution in [0.2, 0.25) is 0 Å². The van der Waals surface area contributed by atoms with E-state index in [1.807, 2.05) is 6.92 Å². The Kier molecular flexibility index (Phi) is 8.50. The van der Waals surface area contributed by atoms with E-state index in [4.69, 9.17) is 0 Å². The maximum Gasteiger partial charge on any atom is 0.434 e. The Hall–Kier alpha value is -1.40. The summed E-state index contributed by atoms with van der Waals surface area (Å²) in [5.41, 5.74) is -0.882. The molecular formula is C16H26F3N5O2S2. The summed E-state index contributed by atoms with van der Waals surface area (Å²) < 4.78 is 64.2. The predicted molar refractivity (Wildman–Crippen MR) is 104 cm³/mol. The van der Waals surface area contributed by atoms with Crippen molar-refractivity contribution < 1.29 is 21.6 Å². The summed E-state index contributed by atoms with van der Waals surface area (Å²) in [6.45, 7) is 3.35. The lowest BCUT2D eigenvalue weighted by Crippen LogP contribution is -2.39. The molecule has 160 valence electrons. The standard InChI is InChI=1S/C16H26F3N5O2S2/c1-2-20-15(21-7-6-14-24-13(11-27-14)16(17,18)19)22-8-9-28(25,26)23-10-12-4-3-5-12/h11-12,23H,2-10H2,1H3,(H2,20,21,22). The Balaban J connectivity index is 1.75. The fraction of sp³-hybridized carbons (Fsp3) is 0.750. The van der Waals surface area contributed by atoms with Gasteiger partial charge in [0.05, 0.1) is 17.3 Å². The molecule has 3 N–H and O–H groups in total. The van der Waals surface area contributed by atoms with E-state index in [0.29, 0.717) is 42.9 Å². The molecule has 0 saturated heterocycles. The van der Waals surface area contributed by atoms with Crippen molar-refractivity contribution in [1.82, 2.24) is 20.3 Å². The summed E-state index contributed by atoms with van der Waals surface area (Å²) >= 11 is 0.958. The van der Waals surface area contributed by atoms with Crippen molar-refractivity contribution in [2.75, 3.05) is 31.9 Å². The summed E-state index contributed by atoms with van der Waals surface area (Å²) in [7, 11) is -3.37. The van der Waals surface area contributed by atoms with Crippen molar-refractivity contribution in [2.45, 2.75) is 38.8 Å². The van der Waals surface area contributed by atoms with Crippen LogP contribution in [-0.2, 0) is 22.6 Å². The molecule has 1 heterocycles. The Morgan fingerprint density at radius 1 is 1.36 bits per heavy atom. The number of guanidine groups is 1. The molecule has 1 aromatic heterocycles. The third kappa shape index (κ3) is 7.92. The molecule has 0 amide bonds. The molecule has 28 heavy (non-hydrogen) atoms. The number of sulfonamides is 1. The van der Waals surface area contributed by atoms with Gasteiger partial charge in [-0.1, -0.05) is 6.42 Å². The van der Waals surface area contributed by atoms with E-state index in [1.54, 1.807) is 0 Å². The zero-order valence-electron chi connectivity index (χ0n) is 15.7. The van der Waals surface area contributed by atoms with Crippen molar-refractivity contribution in [2.24, 2.45) is 10.9 Å². The lowest BCUT2D eigenvalue weighted by molar-refractivity contribution is -0.140. The summed E-state index contributed by atoms with van der Waals surface area (Å²) in [5.74, 6) is 0.753. The van der Waals surface area contributed by atoms with Gasteiger partial charge in [-0.25, -0.2) is 18.1 Å². The van der Waals surface area contributed by atoms with Crippen molar-refractivity contribution in [1.29, 1.82) is 0 Å². The van der Waals surface area contributed by atoms with Crippen molar-refractivity contribution >= 4 is 27.3 Å². The van der Waals surface area contributed by atoms with Gasteiger partial charge in [-0.3, -0.25) is 4.99 Å². The third-order valence-electron chi connectivity index (χ3n) is 4.26. The topological polar surface area (TPSA) is 95.5 Å². The molecule has 1 saturated carbocycles. The van der Waals surface area contributed by atoms with E-state index < -0.39 is 21.9 Å².